The van der Waals surface area contributed by atoms with E-state index in [1.807, 2.05) is 0 Å². The average molecular weight is 198 g/mol. The summed E-state index contributed by atoms with van der Waals surface area (Å²) in [5.41, 5.74) is 5.62. The molecule has 1 aliphatic rings. The molecule has 0 unspecified atom stereocenters. The van der Waals surface area contributed by atoms with E-state index in [0.717, 1.165) is 12.8 Å². The fourth-order valence-electron chi connectivity index (χ4n) is 1.56. The lowest BCUT2D eigenvalue weighted by atomic mass is 10.2. The van der Waals surface area contributed by atoms with Gasteiger partial charge in [0.25, 0.3) is 0 Å². The normalized spacial score (nSPS) is 18.2. The number of hydrogen-bond donors (Lipinski definition) is 3. The molecule has 1 rings (SSSR count). The number of nitrogens with one attached hydrogen (secondary N) is 2. The van der Waals surface area contributed by atoms with Gasteiger partial charge in [0.15, 0.2) is 5.96 Å². The standard InChI is InChI=1S/C9H18N4O/c1-11-8(14)6-12-9(10)13-7-4-2-3-5-7/h7H,2-6H2,1H3,(H,11,14)(H3,10,12,13). The third-order valence-electron chi connectivity index (χ3n) is 2.38. The van der Waals surface area contributed by atoms with Crippen molar-refractivity contribution in [1.29, 1.82) is 0 Å². The van der Waals surface area contributed by atoms with Crippen LogP contribution in [0.3, 0.4) is 0 Å². The minimum atomic E-state index is -0.124. The van der Waals surface area contributed by atoms with Crippen LogP contribution in [0.25, 0.3) is 0 Å². The predicted molar refractivity (Wildman–Crippen MR) is 55.9 cm³/mol. The summed E-state index contributed by atoms with van der Waals surface area (Å²) in [6, 6.07) is 0.448. The molecule has 0 aromatic carbocycles. The number of carbonyl (C=O) groups excluding carboxylic acids is 1. The van der Waals surface area contributed by atoms with Crippen molar-refractivity contribution in [2.45, 2.75) is 31.7 Å². The lowest BCUT2D eigenvalue weighted by molar-refractivity contribution is -0.119. The van der Waals surface area contributed by atoms with Crippen LogP contribution in [0.2, 0.25) is 0 Å². The van der Waals surface area contributed by atoms with E-state index in [1.165, 1.54) is 12.8 Å². The van der Waals surface area contributed by atoms with Crippen LogP contribution in [0, 0.1) is 0 Å². The molecule has 0 saturated heterocycles. The maximum absolute atomic E-state index is 10.9. The van der Waals surface area contributed by atoms with Gasteiger partial charge in [0.2, 0.25) is 5.91 Å². The first kappa shape index (κ1) is 10.8. The molecular weight excluding hydrogens is 180 g/mol. The SMILES string of the molecule is CNC(=O)CN=C(N)NC1CCCC1. The molecule has 0 atom stereocenters. The number of nitrogens with two attached hydrogens (primary N) is 1. The van der Waals surface area contributed by atoms with Crippen LogP contribution >= 0.6 is 0 Å². The molecule has 0 spiro atoms. The number of carbonyl (C=O) groups is 1. The van der Waals surface area contributed by atoms with Crippen LogP contribution in [-0.2, 0) is 4.79 Å². The van der Waals surface area contributed by atoms with Gasteiger partial charge in [-0.05, 0) is 12.8 Å². The fraction of sp³-hybridized carbons (Fsp3) is 0.778. The molecule has 5 nitrogen and oxygen atoms in total. The molecule has 1 amide bonds. The third kappa shape index (κ3) is 3.64. The van der Waals surface area contributed by atoms with Crippen LogP contribution in [0.5, 0.6) is 0 Å². The quantitative estimate of drug-likeness (QED) is 0.425. The molecule has 4 N–H and O–H groups in total. The second-order valence-corrected chi connectivity index (χ2v) is 3.50. The summed E-state index contributed by atoms with van der Waals surface area (Å²) < 4.78 is 0. The van der Waals surface area contributed by atoms with E-state index in [2.05, 4.69) is 15.6 Å². The van der Waals surface area contributed by atoms with E-state index < -0.39 is 0 Å². The molecule has 0 aliphatic heterocycles. The minimum absolute atomic E-state index is 0.0993. The molecule has 5 heteroatoms. The van der Waals surface area contributed by atoms with Crippen molar-refractivity contribution in [3.05, 3.63) is 0 Å². The van der Waals surface area contributed by atoms with E-state index in [1.54, 1.807) is 7.05 Å². The van der Waals surface area contributed by atoms with Gasteiger partial charge in [-0.3, -0.25) is 4.79 Å². The van der Waals surface area contributed by atoms with E-state index >= 15 is 0 Å². The van der Waals surface area contributed by atoms with E-state index in [9.17, 15) is 4.79 Å². The molecule has 1 saturated carbocycles. The van der Waals surface area contributed by atoms with Gasteiger partial charge >= 0.3 is 0 Å². The first-order valence-electron chi connectivity index (χ1n) is 4.99. The topological polar surface area (TPSA) is 79.5 Å². The molecular formula is C9H18N4O. The monoisotopic (exact) mass is 198 g/mol. The summed E-state index contributed by atoms with van der Waals surface area (Å²) in [4.78, 5) is 14.8. The van der Waals surface area contributed by atoms with E-state index in [0.29, 0.717) is 12.0 Å². The fourth-order valence-corrected chi connectivity index (χ4v) is 1.56. The molecule has 14 heavy (non-hydrogen) atoms. The highest BCUT2D eigenvalue weighted by Gasteiger charge is 2.14. The molecule has 0 bridgehead atoms. The molecule has 1 aliphatic carbocycles. The Bertz CT molecular complexity index is 221. The molecule has 0 radical (unpaired) electrons. The van der Waals surface area contributed by atoms with Crippen molar-refractivity contribution >= 4 is 11.9 Å². The van der Waals surface area contributed by atoms with Gasteiger partial charge in [0.1, 0.15) is 6.54 Å². The average Bonchev–Trinajstić information content (AvgIpc) is 2.66. The maximum atomic E-state index is 10.9. The summed E-state index contributed by atoms with van der Waals surface area (Å²) in [5, 5.41) is 5.59. The third-order valence-corrected chi connectivity index (χ3v) is 2.38. The number of rotatable bonds is 3. The van der Waals surface area contributed by atoms with E-state index in [4.69, 9.17) is 5.73 Å². The Balaban J connectivity index is 2.25. The second kappa shape index (κ2) is 5.47. The highest BCUT2D eigenvalue weighted by molar-refractivity contribution is 5.83. The van der Waals surface area contributed by atoms with Gasteiger partial charge in [0, 0.05) is 13.1 Å². The zero-order chi connectivity index (χ0) is 10.4. The number of aliphatic imine (C=N–C) groups is 1. The van der Waals surface area contributed by atoms with Gasteiger partial charge in [-0.2, -0.15) is 0 Å². The summed E-state index contributed by atoms with van der Waals surface area (Å²) in [7, 11) is 1.58. The van der Waals surface area contributed by atoms with Crippen molar-refractivity contribution in [2.24, 2.45) is 10.7 Å². The lowest BCUT2D eigenvalue weighted by Crippen LogP contribution is -2.39. The molecule has 0 heterocycles. The summed E-state index contributed by atoms with van der Waals surface area (Å²) in [5.74, 6) is 0.252. The van der Waals surface area contributed by atoms with Gasteiger partial charge in [-0.1, -0.05) is 12.8 Å². The molecule has 80 valence electrons. The molecule has 1 fully saturated rings. The second-order valence-electron chi connectivity index (χ2n) is 3.50. The zero-order valence-corrected chi connectivity index (χ0v) is 8.55. The number of hydrogen-bond acceptors (Lipinski definition) is 2. The highest BCUT2D eigenvalue weighted by atomic mass is 16.1. The van der Waals surface area contributed by atoms with Crippen molar-refractivity contribution in [3.63, 3.8) is 0 Å². The molecule has 0 aromatic heterocycles. The number of nitrogens with zero attached hydrogens (tertiary/aromatic N) is 1. The molecule has 0 aromatic rings. The number of likely N-dealkylation sites (N-methyl/N-ethyl adjacent to an activating group) is 1. The predicted octanol–water partition coefficient (Wildman–Crippen LogP) is -0.421. The Hall–Kier alpha value is -1.26. The Labute approximate surface area is 84.1 Å². The largest absolute Gasteiger partial charge is 0.370 e. The Morgan fingerprint density at radius 2 is 2.14 bits per heavy atom. The van der Waals surface area contributed by atoms with Crippen molar-refractivity contribution in [2.75, 3.05) is 13.6 Å². The highest BCUT2D eigenvalue weighted by Crippen LogP contribution is 2.17. The van der Waals surface area contributed by atoms with Crippen LogP contribution in [-0.4, -0.2) is 31.5 Å². The van der Waals surface area contributed by atoms with Crippen molar-refractivity contribution < 1.29 is 4.79 Å². The Morgan fingerprint density at radius 1 is 1.50 bits per heavy atom. The number of guanidine groups is 1. The van der Waals surface area contributed by atoms with E-state index in [-0.39, 0.29) is 12.5 Å². The summed E-state index contributed by atoms with van der Waals surface area (Å²) in [6.07, 6.45) is 4.80. The van der Waals surface area contributed by atoms with Crippen LogP contribution in [0.15, 0.2) is 4.99 Å². The lowest BCUT2D eigenvalue weighted by Gasteiger charge is -2.11. The first-order valence-corrected chi connectivity index (χ1v) is 4.99. The van der Waals surface area contributed by atoms with Crippen LogP contribution in [0.4, 0.5) is 0 Å². The minimum Gasteiger partial charge on any atom is -0.370 e. The summed E-state index contributed by atoms with van der Waals surface area (Å²) in [6.45, 7) is 0.0993. The summed E-state index contributed by atoms with van der Waals surface area (Å²) >= 11 is 0. The smallest absolute Gasteiger partial charge is 0.241 e. The van der Waals surface area contributed by atoms with Crippen molar-refractivity contribution in [1.82, 2.24) is 10.6 Å². The van der Waals surface area contributed by atoms with Crippen LogP contribution in [0.1, 0.15) is 25.7 Å². The van der Waals surface area contributed by atoms with Gasteiger partial charge in [-0.15, -0.1) is 0 Å². The van der Waals surface area contributed by atoms with Crippen molar-refractivity contribution in [3.8, 4) is 0 Å². The van der Waals surface area contributed by atoms with Gasteiger partial charge in [0.05, 0.1) is 0 Å². The first-order chi connectivity index (χ1) is 6.72. The number of amides is 1. The Morgan fingerprint density at radius 3 is 2.71 bits per heavy atom. The van der Waals surface area contributed by atoms with Gasteiger partial charge < -0.3 is 16.4 Å². The van der Waals surface area contributed by atoms with Crippen LogP contribution < -0.4 is 16.4 Å². The van der Waals surface area contributed by atoms with Gasteiger partial charge in [-0.25, -0.2) is 4.99 Å². The maximum Gasteiger partial charge on any atom is 0.241 e. The zero-order valence-electron chi connectivity index (χ0n) is 8.55. The Kier molecular flexibility index (Phi) is 4.22.